The molecule has 0 radical (unpaired) electrons. The van der Waals surface area contributed by atoms with Gasteiger partial charge in [0.05, 0.1) is 5.92 Å². The highest BCUT2D eigenvalue weighted by atomic mass is 16.4. The second kappa shape index (κ2) is 13.7. The molecular formula is C17H30O4. The van der Waals surface area contributed by atoms with E-state index in [9.17, 15) is 9.59 Å². The maximum absolute atomic E-state index is 11.0. The summed E-state index contributed by atoms with van der Waals surface area (Å²) in [5.41, 5.74) is 0. The van der Waals surface area contributed by atoms with E-state index in [0.29, 0.717) is 12.8 Å². The minimum Gasteiger partial charge on any atom is -0.481 e. The molecule has 0 spiro atoms. The Bertz CT molecular complexity index is 310. The number of unbranched alkanes of at least 4 members (excludes halogenated alkanes) is 6. The maximum Gasteiger partial charge on any atom is 0.306 e. The molecule has 4 heteroatoms. The Labute approximate surface area is 128 Å². The van der Waals surface area contributed by atoms with E-state index in [-0.39, 0.29) is 12.8 Å². The molecule has 0 rings (SSSR count). The Morgan fingerprint density at radius 3 is 2.14 bits per heavy atom. The number of rotatable bonds is 14. The van der Waals surface area contributed by atoms with Crippen LogP contribution in [0.5, 0.6) is 0 Å². The van der Waals surface area contributed by atoms with Crippen LogP contribution >= 0.6 is 0 Å². The van der Waals surface area contributed by atoms with E-state index in [2.05, 4.69) is 13.0 Å². The van der Waals surface area contributed by atoms with Crippen molar-refractivity contribution in [3.05, 3.63) is 12.2 Å². The summed E-state index contributed by atoms with van der Waals surface area (Å²) in [6.07, 6.45) is 14.3. The third-order valence-corrected chi connectivity index (χ3v) is 3.63. The topological polar surface area (TPSA) is 74.6 Å². The van der Waals surface area contributed by atoms with Gasteiger partial charge in [0.1, 0.15) is 0 Å². The first kappa shape index (κ1) is 19.7. The molecular weight excluding hydrogens is 268 g/mol. The van der Waals surface area contributed by atoms with Crippen LogP contribution in [0.25, 0.3) is 0 Å². The standard InChI is InChI=1S/C17H30O4/c1-2-3-4-5-6-7-8-9-10-11-12-15(17(20)21)13-14-16(18)19/h9-10,15H,2-8,11-14H2,1H3,(H,18,19)(H,20,21). The molecule has 2 N–H and O–H groups in total. The van der Waals surface area contributed by atoms with Gasteiger partial charge in [-0.1, -0.05) is 51.2 Å². The lowest BCUT2D eigenvalue weighted by Crippen LogP contribution is -2.15. The van der Waals surface area contributed by atoms with Gasteiger partial charge < -0.3 is 10.2 Å². The predicted octanol–water partition coefficient (Wildman–Crippen LogP) is 4.64. The summed E-state index contributed by atoms with van der Waals surface area (Å²) in [4.78, 5) is 21.4. The number of carbonyl (C=O) groups is 2. The molecule has 0 aliphatic carbocycles. The normalized spacial score (nSPS) is 12.6. The van der Waals surface area contributed by atoms with Gasteiger partial charge in [-0.25, -0.2) is 0 Å². The quantitative estimate of drug-likeness (QED) is 0.362. The SMILES string of the molecule is CCCCCCCCC=CCCC(CCC(=O)O)C(=O)O. The molecule has 0 saturated carbocycles. The molecule has 1 unspecified atom stereocenters. The van der Waals surface area contributed by atoms with E-state index >= 15 is 0 Å². The number of carboxylic acids is 2. The van der Waals surface area contributed by atoms with Crippen LogP contribution in [0.15, 0.2) is 12.2 Å². The third-order valence-electron chi connectivity index (χ3n) is 3.63. The Balaban J connectivity index is 3.62. The molecule has 0 aromatic rings. The van der Waals surface area contributed by atoms with E-state index in [4.69, 9.17) is 10.2 Å². The molecule has 0 aromatic heterocycles. The van der Waals surface area contributed by atoms with Gasteiger partial charge in [0.2, 0.25) is 0 Å². The lowest BCUT2D eigenvalue weighted by molar-refractivity contribution is -0.143. The summed E-state index contributed by atoms with van der Waals surface area (Å²) >= 11 is 0. The molecule has 0 heterocycles. The highest BCUT2D eigenvalue weighted by Crippen LogP contribution is 2.15. The van der Waals surface area contributed by atoms with Crippen molar-refractivity contribution in [1.29, 1.82) is 0 Å². The third kappa shape index (κ3) is 13.4. The van der Waals surface area contributed by atoms with Gasteiger partial charge in [-0.05, 0) is 32.1 Å². The van der Waals surface area contributed by atoms with E-state index in [1.54, 1.807) is 0 Å². The van der Waals surface area contributed by atoms with Crippen LogP contribution in [0.2, 0.25) is 0 Å². The molecule has 122 valence electrons. The summed E-state index contributed by atoms with van der Waals surface area (Å²) in [6.45, 7) is 2.21. The van der Waals surface area contributed by atoms with Gasteiger partial charge in [0.25, 0.3) is 0 Å². The van der Waals surface area contributed by atoms with Crippen LogP contribution in [-0.4, -0.2) is 22.2 Å². The Hall–Kier alpha value is -1.32. The van der Waals surface area contributed by atoms with Crippen LogP contribution in [0.4, 0.5) is 0 Å². The molecule has 0 saturated heterocycles. The zero-order valence-corrected chi connectivity index (χ0v) is 13.2. The second-order valence-corrected chi connectivity index (χ2v) is 5.57. The predicted molar refractivity (Wildman–Crippen MR) is 84.4 cm³/mol. The fourth-order valence-electron chi connectivity index (χ4n) is 2.26. The number of hydrogen-bond acceptors (Lipinski definition) is 2. The van der Waals surface area contributed by atoms with Crippen molar-refractivity contribution in [3.63, 3.8) is 0 Å². The van der Waals surface area contributed by atoms with Crippen molar-refractivity contribution in [1.82, 2.24) is 0 Å². The summed E-state index contributed by atoms with van der Waals surface area (Å²) in [7, 11) is 0. The van der Waals surface area contributed by atoms with Crippen LogP contribution in [0.1, 0.15) is 77.6 Å². The van der Waals surface area contributed by atoms with Crippen molar-refractivity contribution in [2.75, 3.05) is 0 Å². The average Bonchev–Trinajstić information content (AvgIpc) is 2.43. The lowest BCUT2D eigenvalue weighted by Gasteiger charge is -2.08. The van der Waals surface area contributed by atoms with Crippen molar-refractivity contribution >= 4 is 11.9 Å². The van der Waals surface area contributed by atoms with E-state index in [1.165, 1.54) is 38.5 Å². The van der Waals surface area contributed by atoms with Crippen molar-refractivity contribution in [2.45, 2.75) is 77.6 Å². The highest BCUT2D eigenvalue weighted by Gasteiger charge is 2.17. The van der Waals surface area contributed by atoms with Gasteiger partial charge in [-0.15, -0.1) is 0 Å². The first-order chi connectivity index (χ1) is 10.1. The lowest BCUT2D eigenvalue weighted by atomic mass is 9.97. The van der Waals surface area contributed by atoms with E-state index < -0.39 is 17.9 Å². The minimum absolute atomic E-state index is 0.0710. The molecule has 0 fully saturated rings. The Morgan fingerprint density at radius 1 is 0.905 bits per heavy atom. The number of hydrogen-bond donors (Lipinski definition) is 2. The van der Waals surface area contributed by atoms with Crippen molar-refractivity contribution in [3.8, 4) is 0 Å². The fourth-order valence-corrected chi connectivity index (χ4v) is 2.26. The Kier molecular flexibility index (Phi) is 12.8. The molecule has 21 heavy (non-hydrogen) atoms. The van der Waals surface area contributed by atoms with Gasteiger partial charge in [0.15, 0.2) is 0 Å². The fraction of sp³-hybridized carbons (Fsp3) is 0.765. The molecule has 0 aliphatic heterocycles. The zero-order valence-electron chi connectivity index (χ0n) is 13.2. The van der Waals surface area contributed by atoms with Crippen LogP contribution in [0, 0.1) is 5.92 Å². The van der Waals surface area contributed by atoms with Gasteiger partial charge in [-0.2, -0.15) is 0 Å². The average molecular weight is 298 g/mol. The zero-order chi connectivity index (χ0) is 15.9. The maximum atomic E-state index is 11.0. The molecule has 0 aliphatic rings. The molecule has 4 nitrogen and oxygen atoms in total. The first-order valence-electron chi connectivity index (χ1n) is 8.17. The molecule has 0 aromatic carbocycles. The largest absolute Gasteiger partial charge is 0.481 e. The van der Waals surface area contributed by atoms with E-state index in [0.717, 1.165) is 6.42 Å². The summed E-state index contributed by atoms with van der Waals surface area (Å²) in [5.74, 6) is -2.36. The van der Waals surface area contributed by atoms with Crippen molar-refractivity contribution in [2.24, 2.45) is 5.92 Å². The Morgan fingerprint density at radius 2 is 1.52 bits per heavy atom. The second-order valence-electron chi connectivity index (χ2n) is 5.57. The molecule has 0 amide bonds. The van der Waals surface area contributed by atoms with Gasteiger partial charge in [0, 0.05) is 6.42 Å². The van der Waals surface area contributed by atoms with Crippen LogP contribution in [-0.2, 0) is 9.59 Å². The number of aliphatic carboxylic acids is 2. The van der Waals surface area contributed by atoms with Crippen molar-refractivity contribution < 1.29 is 19.8 Å². The number of carboxylic acid groups (broad SMARTS) is 2. The van der Waals surface area contributed by atoms with E-state index in [1.807, 2.05) is 6.08 Å². The van der Waals surface area contributed by atoms with Crippen LogP contribution in [0.3, 0.4) is 0 Å². The smallest absolute Gasteiger partial charge is 0.306 e. The molecule has 0 bridgehead atoms. The van der Waals surface area contributed by atoms with Gasteiger partial charge >= 0.3 is 11.9 Å². The highest BCUT2D eigenvalue weighted by molar-refractivity contribution is 5.72. The van der Waals surface area contributed by atoms with Gasteiger partial charge in [-0.3, -0.25) is 9.59 Å². The molecule has 1 atom stereocenters. The minimum atomic E-state index is -0.931. The first-order valence-corrected chi connectivity index (χ1v) is 8.17. The summed E-state index contributed by atoms with van der Waals surface area (Å²) in [6, 6.07) is 0. The van der Waals surface area contributed by atoms with Crippen LogP contribution < -0.4 is 0 Å². The summed E-state index contributed by atoms with van der Waals surface area (Å²) < 4.78 is 0. The number of allylic oxidation sites excluding steroid dienone is 2. The summed E-state index contributed by atoms with van der Waals surface area (Å²) in [5, 5.41) is 17.6. The monoisotopic (exact) mass is 298 g/mol.